The number of quaternary nitrogens is 1. The molecule has 0 aliphatic heterocycles. The van der Waals surface area contributed by atoms with Gasteiger partial charge >= 0.3 is 5.91 Å². The Labute approximate surface area is 109 Å². The summed E-state index contributed by atoms with van der Waals surface area (Å²) in [6, 6.07) is 12.4. The van der Waals surface area contributed by atoms with Crippen LogP contribution in [0.2, 0.25) is 0 Å². The van der Waals surface area contributed by atoms with E-state index in [-0.39, 0.29) is 0 Å². The lowest BCUT2D eigenvalue weighted by atomic mass is 10.2. The molecule has 0 radical (unpaired) electrons. The number of halogens is 2. The molecule has 0 aliphatic rings. The number of benzene rings is 2. The van der Waals surface area contributed by atoms with Crippen molar-refractivity contribution < 1.29 is 18.6 Å². The van der Waals surface area contributed by atoms with Gasteiger partial charge in [0.25, 0.3) is 0 Å². The fraction of sp³-hybridized carbons (Fsp3) is 0.0714. The van der Waals surface area contributed by atoms with Gasteiger partial charge in [0, 0.05) is 12.1 Å². The zero-order valence-corrected chi connectivity index (χ0v) is 10.3. The lowest BCUT2D eigenvalue weighted by Crippen LogP contribution is -3.12. The number of hydrogen-bond donors (Lipinski definition) is 2. The van der Waals surface area contributed by atoms with Gasteiger partial charge in [-0.25, -0.2) is 13.8 Å². The summed E-state index contributed by atoms with van der Waals surface area (Å²) in [6.07, 6.45) is 0. The summed E-state index contributed by atoms with van der Waals surface area (Å²) >= 11 is 0. The highest BCUT2D eigenvalue weighted by Crippen LogP contribution is 2.11. The molecule has 0 fully saturated rings. The number of carbonyl (C=O) groups is 1. The molecule has 0 bridgehead atoms. The molecule has 1 atom stereocenters. The van der Waals surface area contributed by atoms with Crippen molar-refractivity contribution in [3.05, 3.63) is 65.7 Å². The minimum absolute atomic E-state index is 0.535. The van der Waals surface area contributed by atoms with Gasteiger partial charge in [0.1, 0.15) is 17.2 Å². The molecular weight excluding hydrogens is 250 g/mol. The standard InChI is InChI=1S/C14H12F2N2O/c1-18(10-6-3-2-4-7-10)17-14(19)13-11(15)8-5-9-12(13)16/h2-9H,1H3,(H,17,19)/p+1. The third kappa shape index (κ3) is 2.95. The summed E-state index contributed by atoms with van der Waals surface area (Å²) in [6.45, 7) is 0. The van der Waals surface area contributed by atoms with E-state index in [9.17, 15) is 13.6 Å². The fourth-order valence-corrected chi connectivity index (χ4v) is 1.71. The zero-order valence-electron chi connectivity index (χ0n) is 10.3. The van der Waals surface area contributed by atoms with Crippen molar-refractivity contribution in [1.29, 1.82) is 0 Å². The number of amides is 1. The van der Waals surface area contributed by atoms with Crippen molar-refractivity contribution in [3.8, 4) is 0 Å². The first-order valence-electron chi connectivity index (χ1n) is 5.74. The Bertz CT molecular complexity index is 567. The van der Waals surface area contributed by atoms with Crippen LogP contribution in [0.1, 0.15) is 10.4 Å². The molecule has 2 N–H and O–H groups in total. The second-order valence-electron chi connectivity index (χ2n) is 4.04. The summed E-state index contributed by atoms with van der Waals surface area (Å²) in [4.78, 5) is 11.9. The minimum Gasteiger partial charge on any atom is -0.264 e. The maximum absolute atomic E-state index is 13.4. The predicted molar refractivity (Wildman–Crippen MR) is 66.8 cm³/mol. The molecule has 98 valence electrons. The van der Waals surface area contributed by atoms with Crippen molar-refractivity contribution in [3.63, 3.8) is 0 Å². The number of rotatable bonds is 3. The van der Waals surface area contributed by atoms with E-state index in [0.717, 1.165) is 17.8 Å². The number of para-hydroxylation sites is 1. The molecule has 2 aromatic rings. The van der Waals surface area contributed by atoms with Crippen LogP contribution in [0.3, 0.4) is 0 Å². The molecule has 2 aromatic carbocycles. The molecule has 19 heavy (non-hydrogen) atoms. The average molecular weight is 263 g/mol. The molecule has 2 rings (SSSR count). The van der Waals surface area contributed by atoms with Crippen molar-refractivity contribution in [2.24, 2.45) is 0 Å². The summed E-state index contributed by atoms with van der Waals surface area (Å²) in [5, 5.41) is 0.535. The summed E-state index contributed by atoms with van der Waals surface area (Å²) in [7, 11) is 1.67. The summed E-state index contributed by atoms with van der Waals surface area (Å²) in [5.74, 6) is -2.55. The topological polar surface area (TPSA) is 33.5 Å². The quantitative estimate of drug-likeness (QED) is 0.808. The maximum atomic E-state index is 13.4. The second-order valence-corrected chi connectivity index (χ2v) is 4.04. The first kappa shape index (κ1) is 13.2. The van der Waals surface area contributed by atoms with E-state index < -0.39 is 23.1 Å². The lowest BCUT2D eigenvalue weighted by molar-refractivity contribution is -0.849. The van der Waals surface area contributed by atoms with E-state index >= 15 is 0 Å². The molecule has 0 saturated carbocycles. The van der Waals surface area contributed by atoms with E-state index in [4.69, 9.17) is 0 Å². The highest BCUT2D eigenvalue weighted by molar-refractivity contribution is 5.93. The Morgan fingerprint density at radius 3 is 2.16 bits per heavy atom. The maximum Gasteiger partial charge on any atom is 0.302 e. The van der Waals surface area contributed by atoms with E-state index in [1.54, 1.807) is 19.2 Å². The molecule has 0 aromatic heterocycles. The summed E-state index contributed by atoms with van der Waals surface area (Å²) < 4.78 is 26.9. The fourth-order valence-electron chi connectivity index (χ4n) is 1.71. The van der Waals surface area contributed by atoms with E-state index in [1.165, 1.54) is 6.07 Å². The van der Waals surface area contributed by atoms with Gasteiger partial charge in [-0.2, -0.15) is 5.43 Å². The number of carbonyl (C=O) groups excluding carboxylic acids is 1. The van der Waals surface area contributed by atoms with Crippen LogP contribution in [-0.4, -0.2) is 13.0 Å². The van der Waals surface area contributed by atoms with Gasteiger partial charge in [0.05, 0.1) is 7.05 Å². The van der Waals surface area contributed by atoms with E-state index in [2.05, 4.69) is 5.43 Å². The Morgan fingerprint density at radius 2 is 1.58 bits per heavy atom. The highest BCUT2D eigenvalue weighted by atomic mass is 19.1. The Kier molecular flexibility index (Phi) is 3.87. The van der Waals surface area contributed by atoms with Gasteiger partial charge in [-0.1, -0.05) is 24.3 Å². The van der Waals surface area contributed by atoms with Gasteiger partial charge in [-0.3, -0.25) is 4.79 Å². The molecule has 1 amide bonds. The van der Waals surface area contributed by atoms with E-state index in [1.807, 2.05) is 18.2 Å². The molecule has 0 spiro atoms. The van der Waals surface area contributed by atoms with Gasteiger partial charge in [0.2, 0.25) is 0 Å². The van der Waals surface area contributed by atoms with Crippen molar-refractivity contribution in [1.82, 2.24) is 5.43 Å². The second kappa shape index (κ2) is 5.58. The molecule has 5 heteroatoms. The zero-order chi connectivity index (χ0) is 13.8. The monoisotopic (exact) mass is 263 g/mol. The molecular formula is C14H13F2N2O+. The van der Waals surface area contributed by atoms with Crippen LogP contribution in [-0.2, 0) is 0 Å². The van der Waals surface area contributed by atoms with Crippen molar-refractivity contribution in [2.45, 2.75) is 0 Å². The largest absolute Gasteiger partial charge is 0.302 e. The third-order valence-corrected chi connectivity index (χ3v) is 2.70. The smallest absolute Gasteiger partial charge is 0.264 e. The van der Waals surface area contributed by atoms with Crippen LogP contribution in [0.25, 0.3) is 0 Å². The van der Waals surface area contributed by atoms with Crippen LogP contribution in [0.15, 0.2) is 48.5 Å². The van der Waals surface area contributed by atoms with E-state index in [0.29, 0.717) is 5.01 Å². The Hall–Kier alpha value is -2.27. The highest BCUT2D eigenvalue weighted by Gasteiger charge is 2.20. The average Bonchev–Trinajstić information content (AvgIpc) is 2.39. The first-order chi connectivity index (χ1) is 9.09. The lowest BCUT2D eigenvalue weighted by Gasteiger charge is -2.14. The number of hydrogen-bond acceptors (Lipinski definition) is 1. The van der Waals surface area contributed by atoms with Gasteiger partial charge in [-0.05, 0) is 12.1 Å². The van der Waals surface area contributed by atoms with Crippen LogP contribution >= 0.6 is 0 Å². The molecule has 1 unspecified atom stereocenters. The minimum atomic E-state index is -0.877. The third-order valence-electron chi connectivity index (χ3n) is 2.70. The normalized spacial score (nSPS) is 11.9. The van der Waals surface area contributed by atoms with Crippen LogP contribution in [0.4, 0.5) is 14.5 Å². The van der Waals surface area contributed by atoms with Gasteiger partial charge in [-0.15, -0.1) is 0 Å². The summed E-state index contributed by atoms with van der Waals surface area (Å²) in [5.41, 5.74) is 2.71. The van der Waals surface area contributed by atoms with Crippen LogP contribution < -0.4 is 10.4 Å². The Balaban J connectivity index is 2.18. The van der Waals surface area contributed by atoms with Crippen molar-refractivity contribution in [2.75, 3.05) is 7.05 Å². The molecule has 0 aliphatic carbocycles. The van der Waals surface area contributed by atoms with Crippen LogP contribution in [0.5, 0.6) is 0 Å². The molecule has 3 nitrogen and oxygen atoms in total. The predicted octanol–water partition coefficient (Wildman–Crippen LogP) is 1.46. The first-order valence-corrected chi connectivity index (χ1v) is 5.74. The van der Waals surface area contributed by atoms with Gasteiger partial charge < -0.3 is 0 Å². The Morgan fingerprint density at radius 1 is 1.00 bits per heavy atom. The molecule has 0 saturated heterocycles. The molecule has 0 heterocycles. The SMILES string of the molecule is C[NH+](NC(=O)c1c(F)cccc1F)c1ccccc1. The van der Waals surface area contributed by atoms with Crippen molar-refractivity contribution >= 4 is 11.6 Å². The van der Waals surface area contributed by atoms with Gasteiger partial charge in [0.15, 0.2) is 5.69 Å². The number of nitrogens with one attached hydrogen (secondary N) is 2. The van der Waals surface area contributed by atoms with Crippen LogP contribution in [0, 0.1) is 11.6 Å².